The van der Waals surface area contributed by atoms with Gasteiger partial charge in [-0.2, -0.15) is 4.58 Å². The van der Waals surface area contributed by atoms with Crippen LogP contribution in [0.3, 0.4) is 0 Å². The van der Waals surface area contributed by atoms with Crippen molar-refractivity contribution in [3.8, 4) is 0 Å². The summed E-state index contributed by atoms with van der Waals surface area (Å²) in [6.07, 6.45) is 12.6. The molecule has 0 aliphatic carbocycles. The molecular weight excluding hydrogens is 506 g/mol. The highest BCUT2D eigenvalue weighted by Crippen LogP contribution is 2.47. The van der Waals surface area contributed by atoms with Crippen molar-refractivity contribution >= 4 is 28.8 Å². The van der Waals surface area contributed by atoms with Crippen LogP contribution in [0.25, 0.3) is 0 Å². The standard InChI is InChI=1S/C36H45N3O2/c1-7-27(40)17-16-25-37-34(41)24-9-8-14-26-39-31-21-13-11-19-29(31)36(4,5)33(39)23-15-22-32-35(2,3)28-18-10-12-20-30(28)38(32)6/h7,10-13,15,18-23H,1,8-9,14,16-17,24-26H2,2-6H3/p+1. The number of nitrogens with one attached hydrogen (secondary N) is 1. The number of carbonyl (C=O) groups excluding carboxylic acids is 2. The minimum Gasteiger partial charge on any atom is -0.356 e. The third kappa shape index (κ3) is 6.45. The zero-order valence-electron chi connectivity index (χ0n) is 25.5. The number of ketones is 1. The molecule has 1 amide bonds. The third-order valence-corrected chi connectivity index (χ3v) is 8.68. The molecule has 4 rings (SSSR count). The lowest BCUT2D eigenvalue weighted by atomic mass is 9.81. The molecule has 216 valence electrons. The largest absolute Gasteiger partial charge is 0.356 e. The molecule has 2 aromatic carbocycles. The van der Waals surface area contributed by atoms with Crippen molar-refractivity contribution in [2.75, 3.05) is 25.0 Å². The lowest BCUT2D eigenvalue weighted by Gasteiger charge is -2.27. The Kier molecular flexibility index (Phi) is 9.47. The van der Waals surface area contributed by atoms with E-state index in [1.807, 2.05) is 0 Å². The topological polar surface area (TPSA) is 52.4 Å². The van der Waals surface area contributed by atoms with Crippen LogP contribution in [-0.2, 0) is 20.4 Å². The maximum Gasteiger partial charge on any atom is 0.219 e. The van der Waals surface area contributed by atoms with Crippen LogP contribution in [0.1, 0.15) is 77.3 Å². The zero-order chi connectivity index (χ0) is 29.6. The van der Waals surface area contributed by atoms with E-state index in [1.165, 1.54) is 40.0 Å². The van der Waals surface area contributed by atoms with E-state index in [0.717, 1.165) is 25.8 Å². The molecule has 0 unspecified atom stereocenters. The van der Waals surface area contributed by atoms with E-state index >= 15 is 0 Å². The Morgan fingerprint density at radius 2 is 1.61 bits per heavy atom. The van der Waals surface area contributed by atoms with Gasteiger partial charge in [0.2, 0.25) is 11.6 Å². The SMILES string of the molecule is C=CC(=O)CCCNC(=O)CCCCCN1C(=CC=CC2=[N+](C)c3ccccc3C2(C)C)C(C)(C)c2ccccc21. The van der Waals surface area contributed by atoms with E-state index in [4.69, 9.17) is 0 Å². The number of amides is 1. The average molecular weight is 553 g/mol. The molecule has 0 atom stereocenters. The molecule has 0 spiro atoms. The molecular formula is C36H46N3O2+. The molecule has 0 aromatic heterocycles. The van der Waals surface area contributed by atoms with Crippen LogP contribution in [0.5, 0.6) is 0 Å². The Morgan fingerprint density at radius 3 is 2.34 bits per heavy atom. The molecule has 0 radical (unpaired) electrons. The second-order valence-electron chi connectivity index (χ2n) is 12.2. The highest BCUT2D eigenvalue weighted by atomic mass is 16.1. The molecule has 2 aromatic rings. The predicted octanol–water partition coefficient (Wildman–Crippen LogP) is 7.14. The second kappa shape index (κ2) is 12.8. The maximum atomic E-state index is 12.2. The molecule has 0 bridgehead atoms. The third-order valence-electron chi connectivity index (χ3n) is 8.68. The first-order valence-electron chi connectivity index (χ1n) is 15.0. The van der Waals surface area contributed by atoms with Gasteiger partial charge in [-0.3, -0.25) is 9.59 Å². The Bertz CT molecular complexity index is 1390. The van der Waals surface area contributed by atoms with Crippen molar-refractivity contribution in [2.45, 2.75) is 77.0 Å². The van der Waals surface area contributed by atoms with Gasteiger partial charge in [-0.1, -0.05) is 69.3 Å². The number of carbonyl (C=O) groups is 2. The van der Waals surface area contributed by atoms with Gasteiger partial charge in [0.05, 0.1) is 5.41 Å². The Hall–Kier alpha value is -3.73. The van der Waals surface area contributed by atoms with Gasteiger partial charge in [-0.05, 0) is 56.9 Å². The van der Waals surface area contributed by atoms with Crippen molar-refractivity contribution in [3.05, 3.63) is 96.2 Å². The summed E-state index contributed by atoms with van der Waals surface area (Å²) in [6.45, 7) is 14.2. The highest BCUT2D eigenvalue weighted by molar-refractivity contribution is 6.03. The minimum absolute atomic E-state index is 0.0221. The number of benzene rings is 2. The van der Waals surface area contributed by atoms with Crippen LogP contribution in [0.2, 0.25) is 0 Å². The second-order valence-corrected chi connectivity index (χ2v) is 12.2. The summed E-state index contributed by atoms with van der Waals surface area (Å²) in [5, 5.41) is 2.93. The fourth-order valence-electron chi connectivity index (χ4n) is 6.33. The number of allylic oxidation sites excluding steroid dienone is 5. The molecule has 2 aliphatic rings. The first-order chi connectivity index (χ1) is 19.6. The van der Waals surface area contributed by atoms with Crippen LogP contribution in [0.15, 0.2) is 85.1 Å². The summed E-state index contributed by atoms with van der Waals surface area (Å²) in [6, 6.07) is 17.4. The van der Waals surface area contributed by atoms with E-state index in [9.17, 15) is 9.59 Å². The molecule has 5 heteroatoms. The van der Waals surface area contributed by atoms with Gasteiger partial charge in [0.25, 0.3) is 0 Å². The maximum absolute atomic E-state index is 12.2. The Labute approximate surface area is 246 Å². The normalized spacial score (nSPS) is 17.7. The van der Waals surface area contributed by atoms with Crippen LogP contribution < -0.4 is 10.2 Å². The lowest BCUT2D eigenvalue weighted by molar-refractivity contribution is -0.401. The predicted molar refractivity (Wildman–Crippen MR) is 170 cm³/mol. The van der Waals surface area contributed by atoms with Gasteiger partial charge in [0.1, 0.15) is 7.05 Å². The lowest BCUT2D eigenvalue weighted by Crippen LogP contribution is -2.28. The number of hydrogen-bond donors (Lipinski definition) is 1. The van der Waals surface area contributed by atoms with Gasteiger partial charge in [-0.15, -0.1) is 0 Å². The molecule has 5 nitrogen and oxygen atoms in total. The van der Waals surface area contributed by atoms with E-state index in [1.54, 1.807) is 0 Å². The number of rotatable bonds is 13. The van der Waals surface area contributed by atoms with Gasteiger partial charge in [-0.25, -0.2) is 0 Å². The number of anilines is 1. The monoisotopic (exact) mass is 552 g/mol. The van der Waals surface area contributed by atoms with Crippen LogP contribution >= 0.6 is 0 Å². The molecule has 2 aliphatic heterocycles. The van der Waals surface area contributed by atoms with Crippen molar-refractivity contribution < 1.29 is 14.2 Å². The summed E-state index contributed by atoms with van der Waals surface area (Å²) in [5.41, 5.74) is 7.72. The van der Waals surface area contributed by atoms with Crippen LogP contribution in [-0.4, -0.2) is 42.1 Å². The zero-order valence-corrected chi connectivity index (χ0v) is 25.5. The first kappa shape index (κ1) is 30.2. The fourth-order valence-corrected chi connectivity index (χ4v) is 6.33. The molecule has 1 N–H and O–H groups in total. The number of nitrogens with zero attached hydrogens (tertiary/aromatic N) is 2. The summed E-state index contributed by atoms with van der Waals surface area (Å²) < 4.78 is 2.31. The number of hydrogen-bond acceptors (Lipinski definition) is 3. The van der Waals surface area contributed by atoms with Gasteiger partial charge in [0.15, 0.2) is 11.5 Å². The first-order valence-corrected chi connectivity index (χ1v) is 15.0. The van der Waals surface area contributed by atoms with E-state index in [0.29, 0.717) is 25.8 Å². The van der Waals surface area contributed by atoms with E-state index < -0.39 is 0 Å². The van der Waals surface area contributed by atoms with Crippen molar-refractivity contribution in [2.24, 2.45) is 0 Å². The Balaban J connectivity index is 1.40. The quantitative estimate of drug-likeness (QED) is 0.163. The number of para-hydroxylation sites is 2. The van der Waals surface area contributed by atoms with Crippen LogP contribution in [0.4, 0.5) is 11.4 Å². The average Bonchev–Trinajstić information content (AvgIpc) is 3.29. The molecule has 0 fully saturated rings. The summed E-state index contributed by atoms with van der Waals surface area (Å²) in [5.74, 6) is 0.0859. The Morgan fingerprint density at radius 1 is 0.902 bits per heavy atom. The van der Waals surface area contributed by atoms with E-state index in [2.05, 4.69) is 123 Å². The molecule has 0 saturated heterocycles. The summed E-state index contributed by atoms with van der Waals surface area (Å²) >= 11 is 0. The van der Waals surface area contributed by atoms with Crippen molar-refractivity contribution in [1.29, 1.82) is 0 Å². The van der Waals surface area contributed by atoms with Crippen molar-refractivity contribution in [1.82, 2.24) is 5.32 Å². The number of unbranched alkanes of at least 4 members (excludes halogenated alkanes) is 2. The van der Waals surface area contributed by atoms with Gasteiger partial charge < -0.3 is 10.2 Å². The molecule has 41 heavy (non-hydrogen) atoms. The minimum atomic E-state index is -0.0987. The van der Waals surface area contributed by atoms with Crippen LogP contribution in [0, 0.1) is 0 Å². The summed E-state index contributed by atoms with van der Waals surface area (Å²) in [7, 11) is 2.16. The molecule has 2 heterocycles. The van der Waals surface area contributed by atoms with Crippen molar-refractivity contribution in [3.63, 3.8) is 0 Å². The molecule has 0 saturated carbocycles. The highest BCUT2D eigenvalue weighted by Gasteiger charge is 2.43. The van der Waals surface area contributed by atoms with E-state index in [-0.39, 0.29) is 22.5 Å². The summed E-state index contributed by atoms with van der Waals surface area (Å²) in [4.78, 5) is 26.0. The fraction of sp³-hybridized carbons (Fsp3) is 0.417. The van der Waals surface area contributed by atoms with Gasteiger partial charge >= 0.3 is 0 Å². The van der Waals surface area contributed by atoms with Gasteiger partial charge in [0, 0.05) is 60.4 Å². The smallest absolute Gasteiger partial charge is 0.219 e. The number of fused-ring (bicyclic) bond motifs is 2.